The van der Waals surface area contributed by atoms with Crippen molar-refractivity contribution in [2.75, 3.05) is 36.4 Å². The molecule has 0 radical (unpaired) electrons. The van der Waals surface area contributed by atoms with Crippen molar-refractivity contribution in [1.29, 1.82) is 0 Å². The number of fused-ring (bicyclic) bond motifs is 1. The third-order valence-corrected chi connectivity index (χ3v) is 6.85. The van der Waals surface area contributed by atoms with E-state index in [4.69, 9.17) is 33.2 Å². The van der Waals surface area contributed by atoms with E-state index >= 15 is 0 Å². The van der Waals surface area contributed by atoms with Gasteiger partial charge in [-0.25, -0.2) is 4.98 Å². The van der Waals surface area contributed by atoms with E-state index in [0.717, 1.165) is 61.6 Å². The Labute approximate surface area is 217 Å². The van der Waals surface area contributed by atoms with Crippen LogP contribution in [0.2, 0.25) is 10.0 Å². The quantitative estimate of drug-likeness (QED) is 0.415. The zero-order valence-corrected chi connectivity index (χ0v) is 22.1. The van der Waals surface area contributed by atoms with Gasteiger partial charge in [0.1, 0.15) is 5.52 Å². The molecule has 1 unspecified atom stereocenters. The number of hydrogen-bond acceptors (Lipinski definition) is 6. The lowest BCUT2D eigenvalue weighted by atomic mass is 10.1. The first-order valence-corrected chi connectivity index (χ1v) is 12.8. The van der Waals surface area contributed by atoms with Crippen molar-refractivity contribution in [3.05, 3.63) is 64.8 Å². The van der Waals surface area contributed by atoms with Crippen LogP contribution in [0.4, 0.5) is 11.8 Å². The van der Waals surface area contributed by atoms with Crippen molar-refractivity contribution in [2.45, 2.75) is 38.8 Å². The molecule has 1 N–H and O–H groups in total. The summed E-state index contributed by atoms with van der Waals surface area (Å²) in [6.45, 7) is 11.6. The number of aryl methyl sites for hydroxylation is 1. The lowest BCUT2D eigenvalue weighted by Crippen LogP contribution is -2.60. The summed E-state index contributed by atoms with van der Waals surface area (Å²) in [6, 6.07) is 6.03. The van der Waals surface area contributed by atoms with Gasteiger partial charge in [0.15, 0.2) is 11.3 Å². The van der Waals surface area contributed by atoms with Gasteiger partial charge in [-0.3, -0.25) is 9.58 Å². The van der Waals surface area contributed by atoms with Gasteiger partial charge in [-0.05, 0) is 37.5 Å². The molecular formula is C26H33Cl2N7. The van der Waals surface area contributed by atoms with Gasteiger partial charge in [0, 0.05) is 49.3 Å². The number of benzene rings is 1. The number of nitrogens with one attached hydrogen (secondary N) is 1. The Morgan fingerprint density at radius 1 is 1.23 bits per heavy atom. The van der Waals surface area contributed by atoms with Gasteiger partial charge in [-0.2, -0.15) is 10.1 Å². The van der Waals surface area contributed by atoms with Crippen LogP contribution in [0.3, 0.4) is 0 Å². The Bertz CT molecular complexity index is 1200. The predicted octanol–water partition coefficient (Wildman–Crippen LogP) is 5.88. The molecule has 5 rings (SSSR count). The number of aromatic nitrogens is 4. The van der Waals surface area contributed by atoms with Crippen LogP contribution in [0.5, 0.6) is 0 Å². The molecule has 186 valence electrons. The minimum Gasteiger partial charge on any atom is -0.361 e. The van der Waals surface area contributed by atoms with Gasteiger partial charge in [0.2, 0.25) is 5.95 Å². The van der Waals surface area contributed by atoms with Crippen molar-refractivity contribution >= 4 is 46.0 Å². The fourth-order valence-corrected chi connectivity index (χ4v) is 4.80. The first kappa shape index (κ1) is 25.5. The Hall–Kier alpha value is -2.61. The van der Waals surface area contributed by atoms with Crippen molar-refractivity contribution in [3.8, 4) is 0 Å². The van der Waals surface area contributed by atoms with Crippen LogP contribution in [0.15, 0.2) is 49.2 Å². The zero-order chi connectivity index (χ0) is 24.9. The molecule has 1 atom stereocenters. The first-order valence-electron chi connectivity index (χ1n) is 12.1. The second-order valence-corrected chi connectivity index (χ2v) is 9.80. The summed E-state index contributed by atoms with van der Waals surface area (Å²) >= 11 is 12.5. The second-order valence-electron chi connectivity index (χ2n) is 8.95. The molecule has 7 nitrogen and oxygen atoms in total. The normalized spacial score (nSPS) is 17.0. The maximum Gasteiger partial charge on any atom is 0.228 e. The molecule has 2 aliphatic heterocycles. The standard InChI is InChI=1S/C22H25Cl2N7.C4H8/c1-14(17-7-6-15(23)10-18(17)24)25-21-20-19(13-29(2)28-20)26-22(27-21)31-11-16(12-31)30-8-4-3-5-9-30;1-3-4-2/h3-4,6-7,10,13-14,16H,5,8-9,11-12H2,1-2H3,(H,25,26,27);3H,1,4H2,2H3. The molecule has 1 saturated heterocycles. The Morgan fingerprint density at radius 3 is 2.66 bits per heavy atom. The number of halogens is 2. The first-order chi connectivity index (χ1) is 16.9. The van der Waals surface area contributed by atoms with Gasteiger partial charge in [-0.1, -0.05) is 54.4 Å². The van der Waals surface area contributed by atoms with Crippen LogP contribution in [0.25, 0.3) is 11.0 Å². The van der Waals surface area contributed by atoms with Crippen LogP contribution in [-0.2, 0) is 7.05 Å². The minimum atomic E-state index is -0.0676. The smallest absolute Gasteiger partial charge is 0.228 e. The highest BCUT2D eigenvalue weighted by atomic mass is 35.5. The Morgan fingerprint density at radius 2 is 2.00 bits per heavy atom. The molecule has 0 saturated carbocycles. The van der Waals surface area contributed by atoms with E-state index in [1.54, 1.807) is 10.7 Å². The molecule has 1 fully saturated rings. The van der Waals surface area contributed by atoms with Gasteiger partial charge >= 0.3 is 0 Å². The highest BCUT2D eigenvalue weighted by Gasteiger charge is 2.34. The van der Waals surface area contributed by atoms with E-state index in [9.17, 15) is 0 Å². The molecule has 9 heteroatoms. The summed E-state index contributed by atoms with van der Waals surface area (Å²) in [5.74, 6) is 1.45. The van der Waals surface area contributed by atoms with Gasteiger partial charge < -0.3 is 10.2 Å². The Balaban J connectivity index is 0.000000672. The summed E-state index contributed by atoms with van der Waals surface area (Å²) in [5, 5.41) is 9.31. The van der Waals surface area contributed by atoms with Crippen molar-refractivity contribution in [3.63, 3.8) is 0 Å². The van der Waals surface area contributed by atoms with Crippen LogP contribution in [0, 0.1) is 0 Å². The van der Waals surface area contributed by atoms with Gasteiger partial charge in [0.25, 0.3) is 0 Å². The zero-order valence-electron chi connectivity index (χ0n) is 20.6. The molecule has 0 amide bonds. The Kier molecular flexibility index (Phi) is 8.31. The lowest BCUT2D eigenvalue weighted by Gasteiger charge is -2.45. The molecular weight excluding hydrogens is 481 g/mol. The van der Waals surface area contributed by atoms with Crippen molar-refractivity contribution in [2.24, 2.45) is 7.05 Å². The number of anilines is 2. The van der Waals surface area contributed by atoms with E-state index in [1.807, 2.05) is 31.5 Å². The highest BCUT2D eigenvalue weighted by molar-refractivity contribution is 6.35. The van der Waals surface area contributed by atoms with Gasteiger partial charge in [0.05, 0.1) is 12.2 Å². The molecule has 0 bridgehead atoms. The van der Waals surface area contributed by atoms with E-state index in [2.05, 4.69) is 52.8 Å². The van der Waals surface area contributed by atoms with Crippen LogP contribution < -0.4 is 10.2 Å². The largest absolute Gasteiger partial charge is 0.361 e. The fraction of sp³-hybridized carbons (Fsp3) is 0.423. The van der Waals surface area contributed by atoms with Crippen LogP contribution in [-0.4, -0.2) is 56.9 Å². The maximum absolute atomic E-state index is 6.42. The number of hydrogen-bond donors (Lipinski definition) is 1. The SMILES string of the molecule is C=CCC.CC(Nc1nc(N2CC(N3CC=CCC3)C2)nc2cn(C)nc12)c1ccc(Cl)cc1Cl. The van der Waals surface area contributed by atoms with E-state index in [0.29, 0.717) is 21.9 Å². The number of nitrogens with zero attached hydrogens (tertiary/aromatic N) is 6. The molecule has 2 aliphatic rings. The molecule has 4 heterocycles. The monoisotopic (exact) mass is 513 g/mol. The average molecular weight is 515 g/mol. The summed E-state index contributed by atoms with van der Waals surface area (Å²) in [5.41, 5.74) is 2.53. The topological polar surface area (TPSA) is 62.1 Å². The minimum absolute atomic E-state index is 0.0676. The van der Waals surface area contributed by atoms with E-state index < -0.39 is 0 Å². The van der Waals surface area contributed by atoms with Crippen LogP contribution in [0.1, 0.15) is 38.3 Å². The highest BCUT2D eigenvalue weighted by Crippen LogP contribution is 2.31. The fourth-order valence-electron chi connectivity index (χ4n) is 4.23. The number of rotatable bonds is 6. The molecule has 1 aromatic carbocycles. The van der Waals surface area contributed by atoms with E-state index in [-0.39, 0.29) is 6.04 Å². The maximum atomic E-state index is 6.42. The van der Waals surface area contributed by atoms with Crippen molar-refractivity contribution < 1.29 is 0 Å². The predicted molar refractivity (Wildman–Crippen MR) is 147 cm³/mol. The average Bonchev–Trinajstić information content (AvgIpc) is 3.19. The third kappa shape index (κ3) is 5.97. The van der Waals surface area contributed by atoms with E-state index in [1.165, 1.54) is 0 Å². The van der Waals surface area contributed by atoms with Crippen molar-refractivity contribution in [1.82, 2.24) is 24.6 Å². The molecule has 3 aromatic rings. The summed E-state index contributed by atoms with van der Waals surface area (Å²) < 4.78 is 1.77. The lowest BCUT2D eigenvalue weighted by molar-refractivity contribution is 0.180. The summed E-state index contributed by atoms with van der Waals surface area (Å²) in [4.78, 5) is 14.4. The molecule has 0 spiro atoms. The third-order valence-electron chi connectivity index (χ3n) is 6.29. The summed E-state index contributed by atoms with van der Waals surface area (Å²) in [6.07, 6.45) is 10.5. The molecule has 0 aliphatic carbocycles. The molecule has 2 aromatic heterocycles. The summed E-state index contributed by atoms with van der Waals surface area (Å²) in [7, 11) is 1.90. The van der Waals surface area contributed by atoms with Gasteiger partial charge in [-0.15, -0.1) is 6.58 Å². The second kappa shape index (κ2) is 11.4. The number of allylic oxidation sites excluding steroid dienone is 1. The molecule has 35 heavy (non-hydrogen) atoms. The van der Waals surface area contributed by atoms with Crippen LogP contribution >= 0.6 is 23.2 Å².